The molecular formula is C24H25FN4O4. The van der Waals surface area contributed by atoms with Crippen molar-refractivity contribution in [3.63, 3.8) is 0 Å². The van der Waals surface area contributed by atoms with Gasteiger partial charge in [0.1, 0.15) is 5.82 Å². The second kappa shape index (κ2) is 9.41. The van der Waals surface area contributed by atoms with Gasteiger partial charge in [-0.15, -0.1) is 0 Å². The Hall–Kier alpha value is -3.72. The number of hydrogen-bond acceptors (Lipinski definition) is 5. The van der Waals surface area contributed by atoms with Crippen molar-refractivity contribution in [3.8, 4) is 5.69 Å². The Morgan fingerprint density at radius 1 is 1.21 bits per heavy atom. The summed E-state index contributed by atoms with van der Waals surface area (Å²) in [6, 6.07) is 11.1. The molecule has 172 valence electrons. The largest absolute Gasteiger partial charge is 0.476 e. The van der Waals surface area contributed by atoms with Crippen LogP contribution < -0.4 is 11.1 Å². The van der Waals surface area contributed by atoms with Gasteiger partial charge >= 0.3 is 5.97 Å². The molecule has 33 heavy (non-hydrogen) atoms. The fraction of sp³-hybridized carbons (Fsp3) is 0.292. The molecule has 1 aliphatic rings. The van der Waals surface area contributed by atoms with E-state index in [9.17, 15) is 19.1 Å². The molecule has 1 fully saturated rings. The Kier molecular flexibility index (Phi) is 6.41. The van der Waals surface area contributed by atoms with Crippen molar-refractivity contribution >= 4 is 17.6 Å². The number of carboxylic acid groups (broad SMARTS) is 1. The molecule has 3 aromatic rings. The minimum absolute atomic E-state index is 0.0545. The summed E-state index contributed by atoms with van der Waals surface area (Å²) < 4.78 is 20.2. The van der Waals surface area contributed by atoms with E-state index in [1.807, 2.05) is 0 Å². The molecule has 4 rings (SSSR count). The van der Waals surface area contributed by atoms with Gasteiger partial charge in [0.15, 0.2) is 5.69 Å². The standard InChI is InChI=1S/C24H25FN4O4/c1-14-2-5-17(25)12-19(14)23(30)27-13-15-3-6-18(7-4-15)29-22(24(31)32)20(26)21(28-29)16-8-10-33-11-9-16/h2-7,12,16H,8-11,13,26H2,1H3,(H,27,30)(H,31,32). The van der Waals surface area contributed by atoms with E-state index in [1.165, 1.54) is 16.8 Å². The van der Waals surface area contributed by atoms with E-state index in [1.54, 1.807) is 37.3 Å². The number of carboxylic acids is 1. The average Bonchev–Trinajstić information content (AvgIpc) is 3.17. The molecule has 0 saturated carbocycles. The van der Waals surface area contributed by atoms with Crippen molar-refractivity contribution in [2.45, 2.75) is 32.2 Å². The molecule has 8 nitrogen and oxygen atoms in total. The lowest BCUT2D eigenvalue weighted by Crippen LogP contribution is -2.23. The van der Waals surface area contributed by atoms with Crippen molar-refractivity contribution in [2.75, 3.05) is 18.9 Å². The zero-order valence-corrected chi connectivity index (χ0v) is 18.2. The van der Waals surface area contributed by atoms with Crippen LogP contribution in [-0.2, 0) is 11.3 Å². The van der Waals surface area contributed by atoms with Crippen LogP contribution >= 0.6 is 0 Å². The third-order valence-electron chi connectivity index (χ3n) is 5.84. The summed E-state index contributed by atoms with van der Waals surface area (Å²) in [7, 11) is 0. The normalized spacial score (nSPS) is 14.2. The van der Waals surface area contributed by atoms with Gasteiger partial charge in [-0.05, 0) is 55.2 Å². The summed E-state index contributed by atoms with van der Waals surface area (Å²) in [5, 5.41) is 17.0. The van der Waals surface area contributed by atoms with Crippen LogP contribution in [-0.4, -0.2) is 40.0 Å². The number of ether oxygens (including phenoxy) is 1. The lowest BCUT2D eigenvalue weighted by Gasteiger charge is -2.20. The maximum absolute atomic E-state index is 13.5. The van der Waals surface area contributed by atoms with Crippen LogP contribution in [0.3, 0.4) is 0 Å². The second-order valence-corrected chi connectivity index (χ2v) is 8.06. The number of carbonyl (C=O) groups is 2. The molecular weight excluding hydrogens is 427 g/mol. The molecule has 1 amide bonds. The molecule has 2 heterocycles. The number of aromatic carboxylic acids is 1. The van der Waals surface area contributed by atoms with E-state index in [4.69, 9.17) is 10.5 Å². The molecule has 4 N–H and O–H groups in total. The number of benzene rings is 2. The van der Waals surface area contributed by atoms with Crippen LogP contribution in [0.5, 0.6) is 0 Å². The SMILES string of the molecule is Cc1ccc(F)cc1C(=O)NCc1ccc(-n2nc(C3CCOCC3)c(N)c2C(=O)O)cc1. The number of aryl methyl sites for hydroxylation is 1. The van der Waals surface area contributed by atoms with Crippen LogP contribution in [0.1, 0.15) is 56.4 Å². The first-order valence-electron chi connectivity index (χ1n) is 10.7. The zero-order chi connectivity index (χ0) is 23.5. The highest BCUT2D eigenvalue weighted by molar-refractivity contribution is 5.95. The summed E-state index contributed by atoms with van der Waals surface area (Å²) in [5.41, 5.74) is 9.18. The van der Waals surface area contributed by atoms with Crippen LogP contribution in [0.25, 0.3) is 5.69 Å². The predicted molar refractivity (Wildman–Crippen MR) is 120 cm³/mol. The van der Waals surface area contributed by atoms with Crippen molar-refractivity contribution in [1.82, 2.24) is 15.1 Å². The Balaban J connectivity index is 1.52. The van der Waals surface area contributed by atoms with Crippen LogP contribution in [0, 0.1) is 12.7 Å². The Morgan fingerprint density at radius 3 is 2.58 bits per heavy atom. The first-order chi connectivity index (χ1) is 15.8. The van der Waals surface area contributed by atoms with E-state index < -0.39 is 11.8 Å². The Labute approximate surface area is 190 Å². The van der Waals surface area contributed by atoms with Crippen LogP contribution in [0.15, 0.2) is 42.5 Å². The second-order valence-electron chi connectivity index (χ2n) is 8.06. The maximum Gasteiger partial charge on any atom is 0.356 e. The number of nitrogens with one attached hydrogen (secondary N) is 1. The van der Waals surface area contributed by atoms with Gasteiger partial charge in [-0.1, -0.05) is 18.2 Å². The monoisotopic (exact) mass is 452 g/mol. The number of nitrogens with two attached hydrogens (primary N) is 1. The lowest BCUT2D eigenvalue weighted by atomic mass is 9.95. The molecule has 0 bridgehead atoms. The highest BCUT2D eigenvalue weighted by Crippen LogP contribution is 2.33. The third kappa shape index (κ3) is 4.73. The Bertz CT molecular complexity index is 1180. The smallest absolute Gasteiger partial charge is 0.356 e. The number of anilines is 1. The predicted octanol–water partition coefficient (Wildman–Crippen LogP) is 3.42. The number of nitrogens with zero attached hydrogens (tertiary/aromatic N) is 2. The Morgan fingerprint density at radius 2 is 1.91 bits per heavy atom. The van der Waals surface area contributed by atoms with E-state index in [-0.39, 0.29) is 35.3 Å². The van der Waals surface area contributed by atoms with Crippen molar-refractivity contribution in [1.29, 1.82) is 0 Å². The molecule has 1 aromatic heterocycles. The van der Waals surface area contributed by atoms with Gasteiger partial charge in [0.25, 0.3) is 5.91 Å². The number of amides is 1. The quantitative estimate of drug-likeness (QED) is 0.527. The van der Waals surface area contributed by atoms with Gasteiger partial charge in [0, 0.05) is 31.2 Å². The highest BCUT2D eigenvalue weighted by Gasteiger charge is 2.28. The molecule has 0 aliphatic carbocycles. The van der Waals surface area contributed by atoms with Gasteiger partial charge in [-0.25, -0.2) is 13.9 Å². The zero-order valence-electron chi connectivity index (χ0n) is 18.2. The topological polar surface area (TPSA) is 119 Å². The van der Waals surface area contributed by atoms with E-state index >= 15 is 0 Å². The molecule has 9 heteroatoms. The number of halogens is 1. The summed E-state index contributed by atoms with van der Waals surface area (Å²) in [6.45, 7) is 3.16. The van der Waals surface area contributed by atoms with Gasteiger partial charge in [0.05, 0.1) is 17.1 Å². The molecule has 0 atom stereocenters. The minimum atomic E-state index is -1.15. The highest BCUT2D eigenvalue weighted by atomic mass is 19.1. The molecule has 2 aromatic carbocycles. The first-order valence-corrected chi connectivity index (χ1v) is 10.7. The fourth-order valence-corrected chi connectivity index (χ4v) is 3.98. The minimum Gasteiger partial charge on any atom is -0.476 e. The molecule has 0 spiro atoms. The van der Waals surface area contributed by atoms with Gasteiger partial charge in [-0.2, -0.15) is 5.10 Å². The average molecular weight is 452 g/mol. The van der Waals surface area contributed by atoms with Gasteiger partial charge < -0.3 is 20.9 Å². The van der Waals surface area contributed by atoms with Gasteiger partial charge in [0.2, 0.25) is 0 Å². The van der Waals surface area contributed by atoms with E-state index in [2.05, 4.69) is 10.4 Å². The number of hydrogen-bond donors (Lipinski definition) is 3. The third-order valence-corrected chi connectivity index (χ3v) is 5.84. The summed E-state index contributed by atoms with van der Waals surface area (Å²) in [5.74, 6) is -1.94. The first kappa shape index (κ1) is 22.5. The maximum atomic E-state index is 13.5. The summed E-state index contributed by atoms with van der Waals surface area (Å²) in [6.07, 6.45) is 1.48. The number of aromatic nitrogens is 2. The summed E-state index contributed by atoms with van der Waals surface area (Å²) >= 11 is 0. The molecule has 1 saturated heterocycles. The van der Waals surface area contributed by atoms with Crippen molar-refractivity contribution in [2.24, 2.45) is 0 Å². The van der Waals surface area contributed by atoms with Gasteiger partial charge in [-0.3, -0.25) is 4.79 Å². The van der Waals surface area contributed by atoms with E-state index in [0.29, 0.717) is 30.2 Å². The molecule has 0 unspecified atom stereocenters. The van der Waals surface area contributed by atoms with Crippen molar-refractivity contribution in [3.05, 3.63) is 76.4 Å². The number of rotatable bonds is 6. The van der Waals surface area contributed by atoms with Crippen molar-refractivity contribution < 1.29 is 23.8 Å². The van der Waals surface area contributed by atoms with E-state index in [0.717, 1.165) is 18.4 Å². The summed E-state index contributed by atoms with van der Waals surface area (Å²) in [4.78, 5) is 24.3. The van der Waals surface area contributed by atoms with Crippen LogP contribution in [0.2, 0.25) is 0 Å². The fourth-order valence-electron chi connectivity index (χ4n) is 3.98. The number of carbonyl (C=O) groups excluding carboxylic acids is 1. The molecule has 0 radical (unpaired) electrons. The van der Waals surface area contributed by atoms with Crippen LogP contribution in [0.4, 0.5) is 10.1 Å². The molecule has 1 aliphatic heterocycles. The number of nitrogen functional groups attached to an aromatic ring is 1. The lowest BCUT2D eigenvalue weighted by molar-refractivity contribution is 0.0688.